The van der Waals surface area contributed by atoms with Gasteiger partial charge in [-0.05, 0) is 48.6 Å². The van der Waals surface area contributed by atoms with Crippen LogP contribution in [0.5, 0.6) is 0 Å². The van der Waals surface area contributed by atoms with E-state index in [1.807, 2.05) is 4.72 Å². The van der Waals surface area contributed by atoms with E-state index in [4.69, 9.17) is 35.4 Å². The van der Waals surface area contributed by atoms with E-state index in [2.05, 4.69) is 10.6 Å². The number of hydrogen-bond donors (Lipinski definition) is 3. The van der Waals surface area contributed by atoms with Gasteiger partial charge in [-0.25, -0.2) is 13.1 Å². The Balaban J connectivity index is 1.69. The molecular formula is C18H13Cl2N3O4S3. The number of carbonyl (C=O) groups excluding carboxylic acids is 2. The zero-order valence-corrected chi connectivity index (χ0v) is 19.1. The van der Waals surface area contributed by atoms with Gasteiger partial charge in [-0.1, -0.05) is 29.3 Å². The van der Waals surface area contributed by atoms with E-state index in [-0.39, 0.29) is 14.9 Å². The number of carbonyl (C=O) groups is 2. The minimum Gasteiger partial charge on any atom is -0.332 e. The van der Waals surface area contributed by atoms with Gasteiger partial charge in [0.25, 0.3) is 15.9 Å². The zero-order valence-electron chi connectivity index (χ0n) is 15.2. The summed E-state index contributed by atoms with van der Waals surface area (Å²) >= 11 is 18.6. The molecule has 0 unspecified atom stereocenters. The maximum absolute atomic E-state index is 12.5. The van der Waals surface area contributed by atoms with E-state index in [1.165, 1.54) is 35.6 Å². The van der Waals surface area contributed by atoms with E-state index in [0.29, 0.717) is 21.1 Å². The molecule has 3 N–H and O–H groups in total. The molecule has 156 valence electrons. The molecule has 0 aliphatic carbocycles. The molecular weight excluding hydrogens is 489 g/mol. The Morgan fingerprint density at radius 2 is 1.73 bits per heavy atom. The van der Waals surface area contributed by atoms with E-state index >= 15 is 0 Å². The fraction of sp³-hybridized carbons (Fsp3) is 0.0556. The van der Waals surface area contributed by atoms with Crippen LogP contribution < -0.4 is 15.4 Å². The number of amides is 2. The van der Waals surface area contributed by atoms with Gasteiger partial charge < -0.3 is 5.32 Å². The van der Waals surface area contributed by atoms with Crippen molar-refractivity contribution >= 4 is 89.5 Å². The van der Waals surface area contributed by atoms with Crippen molar-refractivity contribution in [1.29, 1.82) is 0 Å². The Labute approximate surface area is 191 Å². The smallest absolute Gasteiger partial charge is 0.269 e. The maximum atomic E-state index is 12.5. The Hall–Kier alpha value is -2.24. The number of thiocarbonyl (C=S) groups is 1. The molecule has 0 radical (unpaired) electrons. The highest BCUT2D eigenvalue weighted by atomic mass is 35.5. The van der Waals surface area contributed by atoms with E-state index in [0.717, 1.165) is 11.6 Å². The number of rotatable bonds is 4. The molecule has 2 aromatic carbocycles. The summed E-state index contributed by atoms with van der Waals surface area (Å²) in [5.41, 5.74) is 0.441. The van der Waals surface area contributed by atoms with Gasteiger partial charge in [-0.3, -0.25) is 14.9 Å². The molecule has 12 heteroatoms. The lowest BCUT2D eigenvalue weighted by Gasteiger charge is -2.10. The summed E-state index contributed by atoms with van der Waals surface area (Å²) in [6, 6.07) is 10.6. The molecule has 0 aliphatic rings. The van der Waals surface area contributed by atoms with Gasteiger partial charge >= 0.3 is 0 Å². The van der Waals surface area contributed by atoms with Crippen LogP contribution >= 0.6 is 46.8 Å². The van der Waals surface area contributed by atoms with Gasteiger partial charge in [0.2, 0.25) is 5.91 Å². The van der Waals surface area contributed by atoms with Crippen LogP contribution in [0.25, 0.3) is 10.1 Å². The highest BCUT2D eigenvalue weighted by molar-refractivity contribution is 7.90. The van der Waals surface area contributed by atoms with Crippen molar-refractivity contribution in [3.8, 4) is 0 Å². The van der Waals surface area contributed by atoms with Crippen molar-refractivity contribution in [3.63, 3.8) is 0 Å². The average Bonchev–Trinajstić information content (AvgIpc) is 2.97. The summed E-state index contributed by atoms with van der Waals surface area (Å²) < 4.78 is 26.5. The number of halogens is 2. The molecule has 3 aromatic rings. The van der Waals surface area contributed by atoms with Crippen LogP contribution in [0, 0.1) is 0 Å². The Kier molecular flexibility index (Phi) is 6.63. The number of anilines is 1. The Bertz CT molecular complexity index is 1270. The second-order valence-corrected chi connectivity index (χ2v) is 9.94. The predicted molar refractivity (Wildman–Crippen MR) is 123 cm³/mol. The first-order valence-corrected chi connectivity index (χ1v) is 11.7. The number of sulfonamides is 1. The summed E-state index contributed by atoms with van der Waals surface area (Å²) in [5, 5.41) is 6.87. The van der Waals surface area contributed by atoms with Crippen molar-refractivity contribution in [2.75, 3.05) is 5.32 Å². The van der Waals surface area contributed by atoms with Crippen molar-refractivity contribution in [3.05, 3.63) is 57.4 Å². The van der Waals surface area contributed by atoms with Gasteiger partial charge in [0.1, 0.15) is 4.88 Å². The summed E-state index contributed by atoms with van der Waals surface area (Å²) in [5.74, 6) is -1.18. The zero-order chi connectivity index (χ0) is 22.1. The molecule has 0 spiro atoms. The predicted octanol–water partition coefficient (Wildman–Crippen LogP) is 4.16. The SMILES string of the molecule is CC(=O)NS(=O)(=O)c1ccc(NC(=S)NC(=O)c2sc3cc(Cl)ccc3c2Cl)cc1. The maximum Gasteiger partial charge on any atom is 0.269 e. The summed E-state index contributed by atoms with van der Waals surface area (Å²) in [7, 11) is -3.93. The van der Waals surface area contributed by atoms with Crippen LogP contribution in [-0.2, 0) is 14.8 Å². The molecule has 0 aliphatic heterocycles. The van der Waals surface area contributed by atoms with Gasteiger partial charge in [0, 0.05) is 27.7 Å². The average molecular weight is 502 g/mol. The van der Waals surface area contributed by atoms with Crippen molar-refractivity contribution in [2.24, 2.45) is 0 Å². The molecule has 3 rings (SSSR count). The van der Waals surface area contributed by atoms with E-state index < -0.39 is 21.8 Å². The lowest BCUT2D eigenvalue weighted by atomic mass is 10.2. The molecule has 0 fully saturated rings. The first-order chi connectivity index (χ1) is 14.1. The molecule has 1 heterocycles. The van der Waals surface area contributed by atoms with Crippen LogP contribution in [-0.4, -0.2) is 25.3 Å². The molecule has 1 aromatic heterocycles. The number of benzene rings is 2. The first kappa shape index (κ1) is 22.4. The largest absolute Gasteiger partial charge is 0.332 e. The lowest BCUT2D eigenvalue weighted by Crippen LogP contribution is -2.33. The molecule has 30 heavy (non-hydrogen) atoms. The second-order valence-electron chi connectivity index (χ2n) is 5.98. The van der Waals surface area contributed by atoms with Gasteiger partial charge in [0.05, 0.1) is 9.92 Å². The minimum atomic E-state index is -3.93. The number of nitrogens with one attached hydrogen (secondary N) is 3. The van der Waals surface area contributed by atoms with Crippen LogP contribution in [0.2, 0.25) is 10.0 Å². The fourth-order valence-corrected chi connectivity index (χ4v) is 5.36. The second kappa shape index (κ2) is 8.86. The lowest BCUT2D eigenvalue weighted by molar-refractivity contribution is -0.117. The summed E-state index contributed by atoms with van der Waals surface area (Å²) in [4.78, 5) is 23.7. The molecule has 7 nitrogen and oxygen atoms in total. The summed E-state index contributed by atoms with van der Waals surface area (Å²) in [6.07, 6.45) is 0. The Morgan fingerprint density at radius 3 is 2.37 bits per heavy atom. The third-order valence-electron chi connectivity index (χ3n) is 3.73. The van der Waals surface area contributed by atoms with Crippen molar-refractivity contribution in [1.82, 2.24) is 10.0 Å². The third kappa shape index (κ3) is 5.08. The fourth-order valence-electron chi connectivity index (χ4n) is 2.47. The standard InChI is InChI=1S/C18H13Cl2N3O4S3/c1-9(24)23-30(26,27)12-5-3-11(4-6-12)21-18(28)22-17(25)16-15(20)13-7-2-10(19)8-14(13)29-16/h2-8H,1H3,(H,23,24)(H2,21,22,25,28). The minimum absolute atomic E-state index is 0.00373. The van der Waals surface area contributed by atoms with Crippen LogP contribution in [0.15, 0.2) is 47.4 Å². The quantitative estimate of drug-likeness (QED) is 0.463. The van der Waals surface area contributed by atoms with Crippen molar-refractivity contribution < 1.29 is 18.0 Å². The Morgan fingerprint density at radius 1 is 1.07 bits per heavy atom. The van der Waals surface area contributed by atoms with Crippen LogP contribution in [0.1, 0.15) is 16.6 Å². The van der Waals surface area contributed by atoms with Gasteiger partial charge in [-0.15, -0.1) is 11.3 Å². The number of thiophene rings is 1. The highest BCUT2D eigenvalue weighted by Crippen LogP contribution is 2.36. The molecule has 0 atom stereocenters. The van der Waals surface area contributed by atoms with E-state index in [1.54, 1.807) is 18.2 Å². The van der Waals surface area contributed by atoms with Gasteiger partial charge in [-0.2, -0.15) is 0 Å². The molecule has 2 amide bonds. The summed E-state index contributed by atoms with van der Waals surface area (Å²) in [6.45, 7) is 1.10. The van der Waals surface area contributed by atoms with Crippen LogP contribution in [0.3, 0.4) is 0 Å². The molecule has 0 bridgehead atoms. The first-order valence-electron chi connectivity index (χ1n) is 8.20. The van der Waals surface area contributed by atoms with Gasteiger partial charge in [0.15, 0.2) is 5.11 Å². The number of fused-ring (bicyclic) bond motifs is 1. The monoisotopic (exact) mass is 501 g/mol. The normalized spacial score (nSPS) is 11.2. The van der Waals surface area contributed by atoms with E-state index in [9.17, 15) is 18.0 Å². The van der Waals surface area contributed by atoms with Crippen molar-refractivity contribution in [2.45, 2.75) is 11.8 Å². The molecule has 0 saturated carbocycles. The third-order valence-corrected chi connectivity index (χ3v) is 7.27. The highest BCUT2D eigenvalue weighted by Gasteiger charge is 2.19. The number of hydrogen-bond acceptors (Lipinski definition) is 6. The van der Waals surface area contributed by atoms with Crippen LogP contribution in [0.4, 0.5) is 5.69 Å². The molecule has 0 saturated heterocycles. The topological polar surface area (TPSA) is 104 Å².